The standard InChI is InChI=1S/C24H30N4O2/c29-24(25-14-11-19-7-3-1-4-8-19)20-12-15-28(16-13-20)22-17-23(27-18-26-22)30-21-9-5-2-6-10-21/h2,5-7,9-10,17-18,20H,1,3-4,8,11-16H2,(H,25,29). The van der Waals surface area contributed by atoms with Gasteiger partial charge >= 0.3 is 0 Å². The third-order valence-electron chi connectivity index (χ3n) is 5.91. The molecule has 30 heavy (non-hydrogen) atoms. The average Bonchev–Trinajstić information content (AvgIpc) is 2.81. The maximum absolute atomic E-state index is 12.5. The summed E-state index contributed by atoms with van der Waals surface area (Å²) in [5.74, 6) is 2.41. The minimum Gasteiger partial charge on any atom is -0.439 e. The van der Waals surface area contributed by atoms with Gasteiger partial charge < -0.3 is 15.0 Å². The minimum atomic E-state index is 0.0865. The SMILES string of the molecule is O=C(NCCC1=CCCCC1)C1CCN(c2cc(Oc3ccccc3)ncn2)CC1. The van der Waals surface area contributed by atoms with Crippen LogP contribution in [-0.2, 0) is 4.79 Å². The molecule has 0 atom stereocenters. The molecule has 1 saturated heterocycles. The number of rotatable bonds is 7. The Hall–Kier alpha value is -2.89. The van der Waals surface area contributed by atoms with E-state index in [2.05, 4.69) is 26.3 Å². The average molecular weight is 407 g/mol. The van der Waals surface area contributed by atoms with Crippen LogP contribution in [0.25, 0.3) is 0 Å². The Morgan fingerprint density at radius 1 is 1.13 bits per heavy atom. The van der Waals surface area contributed by atoms with E-state index in [1.54, 1.807) is 0 Å². The first-order valence-corrected chi connectivity index (χ1v) is 11.0. The van der Waals surface area contributed by atoms with E-state index in [1.165, 1.54) is 37.6 Å². The van der Waals surface area contributed by atoms with Gasteiger partial charge in [0.1, 0.15) is 17.9 Å². The van der Waals surface area contributed by atoms with Crippen LogP contribution in [0.4, 0.5) is 5.82 Å². The Morgan fingerprint density at radius 2 is 1.97 bits per heavy atom. The van der Waals surface area contributed by atoms with Gasteiger partial charge in [-0.25, -0.2) is 9.97 Å². The van der Waals surface area contributed by atoms with Gasteiger partial charge in [-0.1, -0.05) is 29.8 Å². The molecule has 0 radical (unpaired) electrons. The van der Waals surface area contributed by atoms with E-state index in [9.17, 15) is 4.79 Å². The first kappa shape index (κ1) is 20.4. The Bertz CT molecular complexity index is 861. The highest BCUT2D eigenvalue weighted by Crippen LogP contribution is 2.26. The number of hydrogen-bond donors (Lipinski definition) is 1. The van der Waals surface area contributed by atoms with E-state index in [4.69, 9.17) is 4.74 Å². The van der Waals surface area contributed by atoms with Crippen molar-refractivity contribution in [3.05, 3.63) is 54.4 Å². The van der Waals surface area contributed by atoms with Gasteiger partial charge in [-0.05, 0) is 57.1 Å². The van der Waals surface area contributed by atoms with Crippen LogP contribution in [0.3, 0.4) is 0 Å². The topological polar surface area (TPSA) is 67.4 Å². The molecule has 2 heterocycles. The van der Waals surface area contributed by atoms with Crippen molar-refractivity contribution in [2.45, 2.75) is 44.9 Å². The lowest BCUT2D eigenvalue weighted by Crippen LogP contribution is -2.41. The number of ether oxygens (including phenoxy) is 1. The molecule has 1 aliphatic carbocycles. The second kappa shape index (κ2) is 10.2. The number of nitrogens with one attached hydrogen (secondary N) is 1. The fourth-order valence-corrected chi connectivity index (χ4v) is 4.16. The van der Waals surface area contributed by atoms with E-state index in [0.29, 0.717) is 5.88 Å². The number of nitrogens with zero attached hydrogens (tertiary/aromatic N) is 3. The summed E-state index contributed by atoms with van der Waals surface area (Å²) in [6.45, 7) is 2.38. The summed E-state index contributed by atoms with van der Waals surface area (Å²) in [6.07, 6.45) is 11.6. The Labute approximate surface area is 178 Å². The van der Waals surface area contributed by atoms with Crippen molar-refractivity contribution in [3.8, 4) is 11.6 Å². The number of benzene rings is 1. The van der Waals surface area contributed by atoms with Crippen LogP contribution >= 0.6 is 0 Å². The number of piperidine rings is 1. The molecule has 1 aliphatic heterocycles. The van der Waals surface area contributed by atoms with Gasteiger partial charge in [0.15, 0.2) is 0 Å². The molecule has 0 unspecified atom stereocenters. The molecule has 6 nitrogen and oxygen atoms in total. The van der Waals surface area contributed by atoms with Crippen LogP contribution in [0.15, 0.2) is 54.4 Å². The molecule has 4 rings (SSSR count). The highest BCUT2D eigenvalue weighted by Gasteiger charge is 2.25. The summed E-state index contributed by atoms with van der Waals surface area (Å²) in [5.41, 5.74) is 1.51. The van der Waals surface area contributed by atoms with E-state index in [0.717, 1.165) is 50.5 Å². The van der Waals surface area contributed by atoms with Crippen LogP contribution in [0, 0.1) is 5.92 Å². The quantitative estimate of drug-likeness (QED) is 0.686. The zero-order valence-corrected chi connectivity index (χ0v) is 17.4. The van der Waals surface area contributed by atoms with Crippen molar-refractivity contribution in [3.63, 3.8) is 0 Å². The zero-order chi connectivity index (χ0) is 20.6. The second-order valence-corrected chi connectivity index (χ2v) is 8.04. The number of para-hydroxylation sites is 1. The molecule has 1 aromatic carbocycles. The van der Waals surface area contributed by atoms with Gasteiger partial charge in [0, 0.05) is 31.6 Å². The molecule has 1 fully saturated rings. The molecule has 158 valence electrons. The number of allylic oxidation sites excluding steroid dienone is 1. The van der Waals surface area contributed by atoms with Gasteiger partial charge in [-0.2, -0.15) is 0 Å². The van der Waals surface area contributed by atoms with Crippen LogP contribution in [0.2, 0.25) is 0 Å². The van der Waals surface area contributed by atoms with Crippen molar-refractivity contribution in [1.29, 1.82) is 0 Å². The van der Waals surface area contributed by atoms with E-state index in [1.807, 2.05) is 36.4 Å². The van der Waals surface area contributed by atoms with E-state index < -0.39 is 0 Å². The van der Waals surface area contributed by atoms with Crippen molar-refractivity contribution >= 4 is 11.7 Å². The number of aromatic nitrogens is 2. The lowest BCUT2D eigenvalue weighted by molar-refractivity contribution is -0.125. The molecule has 0 saturated carbocycles. The smallest absolute Gasteiger partial charge is 0.224 e. The fraction of sp³-hybridized carbons (Fsp3) is 0.458. The molecule has 0 bridgehead atoms. The molecular weight excluding hydrogens is 376 g/mol. The monoisotopic (exact) mass is 406 g/mol. The molecular formula is C24H30N4O2. The molecule has 6 heteroatoms. The highest BCUT2D eigenvalue weighted by molar-refractivity contribution is 5.79. The number of carbonyl (C=O) groups excluding carboxylic acids is 1. The molecule has 2 aromatic rings. The summed E-state index contributed by atoms with van der Waals surface area (Å²) in [7, 11) is 0. The van der Waals surface area contributed by atoms with Crippen molar-refractivity contribution in [1.82, 2.24) is 15.3 Å². The highest BCUT2D eigenvalue weighted by atomic mass is 16.5. The maximum atomic E-state index is 12.5. The van der Waals surface area contributed by atoms with Crippen molar-refractivity contribution in [2.75, 3.05) is 24.5 Å². The Kier molecular flexibility index (Phi) is 6.95. The maximum Gasteiger partial charge on any atom is 0.224 e. The number of amides is 1. The first-order chi connectivity index (χ1) is 14.8. The van der Waals surface area contributed by atoms with Crippen molar-refractivity contribution in [2.24, 2.45) is 5.92 Å². The van der Waals surface area contributed by atoms with Gasteiger partial charge in [0.2, 0.25) is 11.8 Å². The normalized spacial score (nSPS) is 17.3. The molecule has 1 amide bonds. The van der Waals surface area contributed by atoms with Crippen LogP contribution in [0.5, 0.6) is 11.6 Å². The number of anilines is 1. The fourth-order valence-electron chi connectivity index (χ4n) is 4.16. The largest absolute Gasteiger partial charge is 0.439 e. The zero-order valence-electron chi connectivity index (χ0n) is 17.4. The number of hydrogen-bond acceptors (Lipinski definition) is 5. The van der Waals surface area contributed by atoms with Crippen LogP contribution in [0.1, 0.15) is 44.9 Å². The van der Waals surface area contributed by atoms with E-state index in [-0.39, 0.29) is 11.8 Å². The van der Waals surface area contributed by atoms with Crippen molar-refractivity contribution < 1.29 is 9.53 Å². The minimum absolute atomic E-state index is 0.0865. The van der Waals surface area contributed by atoms with Crippen LogP contribution < -0.4 is 15.0 Å². The van der Waals surface area contributed by atoms with E-state index >= 15 is 0 Å². The predicted octanol–water partition coefficient (Wildman–Crippen LogP) is 4.49. The lowest BCUT2D eigenvalue weighted by Gasteiger charge is -2.32. The Morgan fingerprint density at radius 3 is 2.73 bits per heavy atom. The molecule has 1 N–H and O–H groups in total. The Balaban J connectivity index is 1.24. The van der Waals surface area contributed by atoms with Gasteiger partial charge in [-0.3, -0.25) is 4.79 Å². The lowest BCUT2D eigenvalue weighted by atomic mass is 9.95. The van der Waals surface area contributed by atoms with Crippen LogP contribution in [-0.4, -0.2) is 35.5 Å². The second-order valence-electron chi connectivity index (χ2n) is 8.04. The summed E-state index contributed by atoms with van der Waals surface area (Å²) < 4.78 is 5.82. The summed E-state index contributed by atoms with van der Waals surface area (Å²) in [6, 6.07) is 11.5. The third kappa shape index (κ3) is 5.59. The number of carbonyl (C=O) groups is 1. The predicted molar refractivity (Wildman–Crippen MR) is 118 cm³/mol. The summed E-state index contributed by atoms with van der Waals surface area (Å²) >= 11 is 0. The van der Waals surface area contributed by atoms with Gasteiger partial charge in [0.25, 0.3) is 0 Å². The summed E-state index contributed by atoms with van der Waals surface area (Å²) in [4.78, 5) is 23.4. The molecule has 0 spiro atoms. The first-order valence-electron chi connectivity index (χ1n) is 11.0. The summed E-state index contributed by atoms with van der Waals surface area (Å²) in [5, 5.41) is 3.15. The molecule has 1 aromatic heterocycles. The molecule has 2 aliphatic rings. The van der Waals surface area contributed by atoms with Gasteiger partial charge in [-0.15, -0.1) is 0 Å². The third-order valence-corrected chi connectivity index (χ3v) is 5.91. The van der Waals surface area contributed by atoms with Gasteiger partial charge in [0.05, 0.1) is 0 Å².